The molecule has 0 saturated heterocycles. The third-order valence-electron chi connectivity index (χ3n) is 4.00. The number of benzene rings is 3. The van der Waals surface area contributed by atoms with Gasteiger partial charge < -0.3 is 17.2 Å². The lowest BCUT2D eigenvalue weighted by Crippen LogP contribution is -1.98. The zero-order valence-electron chi connectivity index (χ0n) is 12.8. The summed E-state index contributed by atoms with van der Waals surface area (Å²) in [5.41, 5.74) is 24.8. The van der Waals surface area contributed by atoms with Crippen molar-refractivity contribution in [1.29, 1.82) is 0 Å². The molecule has 3 aromatic rings. The topological polar surface area (TPSA) is 78.1 Å². The number of hydrogen-bond acceptors (Lipinski definition) is 3. The summed E-state index contributed by atoms with van der Waals surface area (Å²) in [5, 5.41) is 0.660. The highest BCUT2D eigenvalue weighted by Gasteiger charge is 2.15. The lowest BCUT2D eigenvalue weighted by atomic mass is 9.93. The Morgan fingerprint density at radius 1 is 0.739 bits per heavy atom. The van der Waals surface area contributed by atoms with Crippen molar-refractivity contribution >= 4 is 28.7 Å². The van der Waals surface area contributed by atoms with Crippen LogP contribution in [0.25, 0.3) is 22.3 Å². The average Bonchev–Trinajstić information content (AvgIpc) is 2.54. The summed E-state index contributed by atoms with van der Waals surface area (Å²) in [6.45, 7) is 1.98. The minimum Gasteiger partial charge on any atom is -0.399 e. The van der Waals surface area contributed by atoms with E-state index in [2.05, 4.69) is 0 Å². The molecule has 0 aliphatic carbocycles. The highest BCUT2D eigenvalue weighted by atomic mass is 35.5. The van der Waals surface area contributed by atoms with E-state index in [0.29, 0.717) is 22.1 Å². The Morgan fingerprint density at radius 2 is 1.22 bits per heavy atom. The maximum Gasteiger partial charge on any atom is 0.0494 e. The van der Waals surface area contributed by atoms with Crippen molar-refractivity contribution in [3.63, 3.8) is 0 Å². The summed E-state index contributed by atoms with van der Waals surface area (Å²) in [6.07, 6.45) is 0. The van der Waals surface area contributed by atoms with Gasteiger partial charge in [0.2, 0.25) is 0 Å². The standard InChI is InChI=1S/C19H18ClN3/c1-11-18(13-4-8-15(22)9-5-13)17(20)10-16(19(11)23)12-2-6-14(21)7-3-12/h2-10H,21-23H2,1H3. The van der Waals surface area contributed by atoms with Crippen LogP contribution in [0.3, 0.4) is 0 Å². The molecule has 4 heteroatoms. The largest absolute Gasteiger partial charge is 0.399 e. The van der Waals surface area contributed by atoms with Gasteiger partial charge in [-0.05, 0) is 53.9 Å². The molecule has 0 saturated carbocycles. The van der Waals surface area contributed by atoms with E-state index in [0.717, 1.165) is 27.8 Å². The van der Waals surface area contributed by atoms with Gasteiger partial charge in [-0.25, -0.2) is 0 Å². The molecule has 0 aliphatic heterocycles. The van der Waals surface area contributed by atoms with Crippen LogP contribution < -0.4 is 17.2 Å². The third kappa shape index (κ3) is 2.83. The van der Waals surface area contributed by atoms with Gasteiger partial charge in [-0.3, -0.25) is 0 Å². The molecule has 0 aromatic heterocycles. The number of nitrogens with two attached hydrogens (primary N) is 3. The van der Waals surface area contributed by atoms with Crippen molar-refractivity contribution in [2.24, 2.45) is 0 Å². The summed E-state index contributed by atoms with van der Waals surface area (Å²) < 4.78 is 0. The highest BCUT2D eigenvalue weighted by Crippen LogP contribution is 2.40. The van der Waals surface area contributed by atoms with Gasteiger partial charge in [0, 0.05) is 33.2 Å². The van der Waals surface area contributed by atoms with E-state index < -0.39 is 0 Å². The van der Waals surface area contributed by atoms with Crippen molar-refractivity contribution in [2.45, 2.75) is 6.92 Å². The Labute approximate surface area is 140 Å². The number of hydrogen-bond donors (Lipinski definition) is 3. The highest BCUT2D eigenvalue weighted by molar-refractivity contribution is 6.34. The van der Waals surface area contributed by atoms with E-state index in [9.17, 15) is 0 Å². The van der Waals surface area contributed by atoms with Crippen molar-refractivity contribution in [1.82, 2.24) is 0 Å². The van der Waals surface area contributed by atoms with E-state index in [1.165, 1.54) is 0 Å². The molecule has 3 aromatic carbocycles. The maximum atomic E-state index is 6.55. The smallest absolute Gasteiger partial charge is 0.0494 e. The van der Waals surface area contributed by atoms with Gasteiger partial charge >= 0.3 is 0 Å². The van der Waals surface area contributed by atoms with E-state index in [1.807, 2.05) is 61.5 Å². The SMILES string of the molecule is Cc1c(N)c(-c2ccc(N)cc2)cc(Cl)c1-c1ccc(N)cc1. The zero-order chi connectivity index (χ0) is 16.6. The normalized spacial score (nSPS) is 10.7. The lowest BCUT2D eigenvalue weighted by molar-refractivity contribution is 1.45. The monoisotopic (exact) mass is 323 g/mol. The number of nitrogen functional groups attached to an aromatic ring is 3. The third-order valence-corrected chi connectivity index (χ3v) is 4.30. The molecule has 23 heavy (non-hydrogen) atoms. The first-order valence-electron chi connectivity index (χ1n) is 7.28. The average molecular weight is 324 g/mol. The van der Waals surface area contributed by atoms with Gasteiger partial charge in [0.15, 0.2) is 0 Å². The maximum absolute atomic E-state index is 6.55. The van der Waals surface area contributed by atoms with Gasteiger partial charge in [0.25, 0.3) is 0 Å². The Hall–Kier alpha value is -2.65. The van der Waals surface area contributed by atoms with E-state index in [-0.39, 0.29) is 0 Å². The molecular weight excluding hydrogens is 306 g/mol. The van der Waals surface area contributed by atoms with E-state index in [1.54, 1.807) is 0 Å². The number of halogens is 1. The summed E-state index contributed by atoms with van der Waals surface area (Å²) >= 11 is 6.55. The van der Waals surface area contributed by atoms with E-state index >= 15 is 0 Å². The molecule has 6 N–H and O–H groups in total. The molecule has 0 bridgehead atoms. The van der Waals surface area contributed by atoms with Crippen molar-refractivity contribution in [3.8, 4) is 22.3 Å². The van der Waals surface area contributed by atoms with Crippen LogP contribution in [0.4, 0.5) is 17.1 Å². The van der Waals surface area contributed by atoms with Crippen LogP contribution in [0.2, 0.25) is 5.02 Å². The zero-order valence-corrected chi connectivity index (χ0v) is 13.6. The molecular formula is C19H18ClN3. The molecule has 0 aliphatic rings. The van der Waals surface area contributed by atoms with Gasteiger partial charge in [-0.2, -0.15) is 0 Å². The molecule has 0 heterocycles. The Balaban J connectivity index is 2.17. The summed E-state index contributed by atoms with van der Waals surface area (Å²) in [4.78, 5) is 0. The molecule has 0 unspecified atom stereocenters. The molecule has 0 amide bonds. The van der Waals surface area contributed by atoms with Crippen LogP contribution in [-0.4, -0.2) is 0 Å². The number of rotatable bonds is 2. The second kappa shape index (κ2) is 5.86. The minimum atomic E-state index is 0.660. The van der Waals surface area contributed by atoms with Gasteiger partial charge in [0.05, 0.1) is 0 Å². The first kappa shape index (κ1) is 15.3. The second-order valence-corrected chi connectivity index (χ2v) is 5.97. The Bertz CT molecular complexity index is 853. The fourth-order valence-electron chi connectivity index (χ4n) is 2.70. The van der Waals surface area contributed by atoms with Crippen LogP contribution in [0.15, 0.2) is 54.6 Å². The van der Waals surface area contributed by atoms with Crippen molar-refractivity contribution in [3.05, 3.63) is 65.2 Å². The summed E-state index contributed by atoms with van der Waals surface area (Å²) in [7, 11) is 0. The van der Waals surface area contributed by atoms with Crippen molar-refractivity contribution in [2.75, 3.05) is 17.2 Å². The molecule has 3 nitrogen and oxygen atoms in total. The molecule has 3 rings (SSSR count). The van der Waals surface area contributed by atoms with Crippen LogP contribution >= 0.6 is 11.6 Å². The van der Waals surface area contributed by atoms with Crippen molar-refractivity contribution < 1.29 is 0 Å². The predicted molar refractivity (Wildman–Crippen MR) is 100 cm³/mol. The predicted octanol–water partition coefficient (Wildman–Crippen LogP) is 4.73. The van der Waals surface area contributed by atoms with Gasteiger partial charge in [-0.15, -0.1) is 0 Å². The molecule has 0 atom stereocenters. The van der Waals surface area contributed by atoms with E-state index in [4.69, 9.17) is 28.8 Å². The van der Waals surface area contributed by atoms with Crippen LogP contribution in [0.1, 0.15) is 5.56 Å². The Kier molecular flexibility index (Phi) is 3.89. The second-order valence-electron chi connectivity index (χ2n) is 5.56. The number of anilines is 3. The fraction of sp³-hybridized carbons (Fsp3) is 0.0526. The van der Waals surface area contributed by atoms with Gasteiger partial charge in [-0.1, -0.05) is 35.9 Å². The molecule has 0 radical (unpaired) electrons. The fourth-order valence-corrected chi connectivity index (χ4v) is 3.06. The molecule has 116 valence electrons. The first-order valence-corrected chi connectivity index (χ1v) is 7.65. The Morgan fingerprint density at radius 3 is 1.74 bits per heavy atom. The van der Waals surface area contributed by atoms with Gasteiger partial charge in [0.1, 0.15) is 0 Å². The lowest BCUT2D eigenvalue weighted by Gasteiger charge is -2.16. The summed E-state index contributed by atoms with van der Waals surface area (Å²) in [6, 6.07) is 17.1. The molecule has 0 spiro atoms. The van der Waals surface area contributed by atoms with Crippen LogP contribution in [0, 0.1) is 6.92 Å². The quantitative estimate of drug-likeness (QED) is 0.596. The minimum absolute atomic E-state index is 0.660. The van der Waals surface area contributed by atoms with Crippen LogP contribution in [-0.2, 0) is 0 Å². The first-order chi connectivity index (χ1) is 11.0. The summed E-state index contributed by atoms with van der Waals surface area (Å²) in [5.74, 6) is 0. The molecule has 0 fully saturated rings. The van der Waals surface area contributed by atoms with Crippen LogP contribution in [0.5, 0.6) is 0 Å².